The molecule has 0 fully saturated rings. The van der Waals surface area contributed by atoms with E-state index >= 15 is 0 Å². The maximum Gasteiger partial charge on any atom is 0.335 e. The van der Waals surface area contributed by atoms with E-state index < -0.39 is 5.97 Å². The van der Waals surface area contributed by atoms with Gasteiger partial charge in [-0.25, -0.2) is 4.79 Å². The van der Waals surface area contributed by atoms with Crippen LogP contribution in [0, 0.1) is 5.92 Å². The molecule has 0 aliphatic heterocycles. The van der Waals surface area contributed by atoms with Gasteiger partial charge >= 0.3 is 5.97 Å². The lowest BCUT2D eigenvalue weighted by atomic mass is 10.1. The molecule has 0 bridgehead atoms. The average Bonchev–Trinajstić information content (AvgIpc) is 2.84. The number of aromatic carboxylic acids is 1. The van der Waals surface area contributed by atoms with Gasteiger partial charge in [0.1, 0.15) is 0 Å². The molecule has 1 aliphatic rings. The van der Waals surface area contributed by atoms with Crippen LogP contribution in [0.1, 0.15) is 23.2 Å². The predicted octanol–water partition coefficient (Wildman–Crippen LogP) is 2.33. The van der Waals surface area contributed by atoms with E-state index in [1.807, 2.05) is 0 Å². The van der Waals surface area contributed by atoms with E-state index in [-0.39, 0.29) is 0 Å². The Bertz CT molecular complexity index is 335. The highest BCUT2D eigenvalue weighted by Gasteiger charge is 2.06. The molecule has 86 valence electrons. The van der Waals surface area contributed by atoms with Gasteiger partial charge in [-0.05, 0) is 30.9 Å². The Balaban J connectivity index is 0.000000165. The number of carbonyl (C=O) groups is 1. The van der Waals surface area contributed by atoms with Gasteiger partial charge in [0.2, 0.25) is 0 Å². The first-order valence-electron chi connectivity index (χ1n) is 5.28. The van der Waals surface area contributed by atoms with Crippen molar-refractivity contribution in [3.8, 4) is 0 Å². The van der Waals surface area contributed by atoms with Gasteiger partial charge in [0.15, 0.2) is 0 Å². The molecule has 0 radical (unpaired) electrons. The number of carboxylic acid groups (broad SMARTS) is 1. The van der Waals surface area contributed by atoms with Crippen LogP contribution in [0.2, 0.25) is 0 Å². The van der Waals surface area contributed by atoms with Crippen LogP contribution in [-0.4, -0.2) is 22.8 Å². The third-order valence-corrected chi connectivity index (χ3v) is 2.38. The van der Waals surface area contributed by atoms with Crippen LogP contribution in [-0.2, 0) is 0 Å². The van der Waals surface area contributed by atoms with E-state index in [4.69, 9.17) is 10.2 Å². The lowest BCUT2D eigenvalue weighted by Gasteiger charge is -1.99. The number of carboxylic acids is 1. The molecule has 3 nitrogen and oxygen atoms in total. The zero-order valence-electron chi connectivity index (χ0n) is 9.04. The molecule has 2 rings (SSSR count). The summed E-state index contributed by atoms with van der Waals surface area (Å²) in [6.07, 6.45) is 6.41. The fraction of sp³-hybridized carbons (Fsp3) is 0.308. The quantitative estimate of drug-likeness (QED) is 0.752. The Labute approximate surface area is 95.0 Å². The normalized spacial score (nSPS) is 14.3. The number of allylic oxidation sites excluding steroid dienone is 2. The lowest BCUT2D eigenvalue weighted by Crippen LogP contribution is -1.98. The predicted molar refractivity (Wildman–Crippen MR) is 62.4 cm³/mol. The van der Waals surface area contributed by atoms with E-state index in [0.717, 1.165) is 12.8 Å². The van der Waals surface area contributed by atoms with Crippen LogP contribution in [0.15, 0.2) is 42.5 Å². The molecule has 0 atom stereocenters. The Kier molecular flexibility index (Phi) is 5.29. The summed E-state index contributed by atoms with van der Waals surface area (Å²) in [5.41, 5.74) is 0.331. The van der Waals surface area contributed by atoms with Crippen molar-refractivity contribution in [2.45, 2.75) is 12.8 Å². The molecular formula is C13H16O3. The Morgan fingerprint density at radius 2 is 1.75 bits per heavy atom. The van der Waals surface area contributed by atoms with Crippen LogP contribution < -0.4 is 0 Å². The van der Waals surface area contributed by atoms with Crippen molar-refractivity contribution >= 4 is 5.97 Å². The molecule has 0 unspecified atom stereocenters. The summed E-state index contributed by atoms with van der Waals surface area (Å²) in [7, 11) is 0. The topological polar surface area (TPSA) is 57.5 Å². The minimum atomic E-state index is -0.879. The van der Waals surface area contributed by atoms with Crippen molar-refractivity contribution < 1.29 is 15.0 Å². The smallest absolute Gasteiger partial charge is 0.335 e. The molecule has 0 heterocycles. The standard InChI is InChI=1S/C7H6O2.C6H10O/c8-7(9)6-4-2-1-3-5-6;7-5-6-3-1-2-4-6/h1-5H,(H,8,9);1-2,6-7H,3-5H2. The number of rotatable bonds is 2. The Morgan fingerprint density at radius 3 is 2.06 bits per heavy atom. The maximum atomic E-state index is 10.2. The third-order valence-electron chi connectivity index (χ3n) is 2.38. The largest absolute Gasteiger partial charge is 0.478 e. The minimum Gasteiger partial charge on any atom is -0.478 e. The molecule has 16 heavy (non-hydrogen) atoms. The second-order valence-electron chi connectivity index (χ2n) is 3.66. The summed E-state index contributed by atoms with van der Waals surface area (Å²) in [5, 5.41) is 16.9. The van der Waals surface area contributed by atoms with Crippen molar-refractivity contribution in [3.05, 3.63) is 48.0 Å². The van der Waals surface area contributed by atoms with Crippen molar-refractivity contribution in [1.29, 1.82) is 0 Å². The minimum absolute atomic E-state index is 0.331. The van der Waals surface area contributed by atoms with E-state index in [1.165, 1.54) is 0 Å². The fourth-order valence-corrected chi connectivity index (χ4v) is 1.40. The number of aliphatic hydroxyl groups excluding tert-OH is 1. The molecule has 1 aliphatic carbocycles. The second kappa shape index (κ2) is 6.80. The van der Waals surface area contributed by atoms with E-state index in [2.05, 4.69) is 12.2 Å². The molecule has 0 amide bonds. The Hall–Kier alpha value is -1.61. The number of hydrogen-bond donors (Lipinski definition) is 2. The number of aliphatic hydroxyl groups is 1. The highest BCUT2D eigenvalue weighted by atomic mass is 16.4. The summed E-state index contributed by atoms with van der Waals surface area (Å²) in [4.78, 5) is 10.2. The number of benzene rings is 1. The average molecular weight is 220 g/mol. The zero-order chi connectivity index (χ0) is 11.8. The fourth-order valence-electron chi connectivity index (χ4n) is 1.40. The summed E-state index contributed by atoms with van der Waals surface area (Å²) in [6.45, 7) is 0.354. The SMILES string of the molecule is O=C(O)c1ccccc1.OCC1CC=CC1. The monoisotopic (exact) mass is 220 g/mol. The molecule has 0 aromatic heterocycles. The molecule has 1 aromatic carbocycles. The molecule has 0 saturated carbocycles. The zero-order valence-corrected chi connectivity index (χ0v) is 9.04. The first-order chi connectivity index (χ1) is 7.74. The summed E-state index contributed by atoms with van der Waals surface area (Å²) < 4.78 is 0. The molecule has 0 spiro atoms. The van der Waals surface area contributed by atoms with E-state index in [1.54, 1.807) is 30.3 Å². The van der Waals surface area contributed by atoms with Crippen molar-refractivity contribution in [1.82, 2.24) is 0 Å². The van der Waals surface area contributed by atoms with Crippen LogP contribution in [0.3, 0.4) is 0 Å². The Morgan fingerprint density at radius 1 is 1.19 bits per heavy atom. The van der Waals surface area contributed by atoms with Crippen molar-refractivity contribution in [2.75, 3.05) is 6.61 Å². The van der Waals surface area contributed by atoms with Gasteiger partial charge in [-0.3, -0.25) is 0 Å². The summed E-state index contributed by atoms with van der Waals surface area (Å²) in [6, 6.07) is 8.30. The molecular weight excluding hydrogens is 204 g/mol. The van der Waals surface area contributed by atoms with Crippen molar-refractivity contribution in [3.63, 3.8) is 0 Å². The van der Waals surface area contributed by atoms with Gasteiger partial charge in [0.05, 0.1) is 5.56 Å². The van der Waals surface area contributed by atoms with Gasteiger partial charge in [0, 0.05) is 6.61 Å². The van der Waals surface area contributed by atoms with Crippen LogP contribution in [0.4, 0.5) is 0 Å². The van der Waals surface area contributed by atoms with Gasteiger partial charge in [-0.2, -0.15) is 0 Å². The van der Waals surface area contributed by atoms with Gasteiger partial charge < -0.3 is 10.2 Å². The van der Waals surface area contributed by atoms with E-state index in [0.29, 0.717) is 18.1 Å². The second-order valence-corrected chi connectivity index (χ2v) is 3.66. The molecule has 0 saturated heterocycles. The van der Waals surface area contributed by atoms with Crippen LogP contribution in [0.5, 0.6) is 0 Å². The van der Waals surface area contributed by atoms with E-state index in [9.17, 15) is 4.79 Å². The lowest BCUT2D eigenvalue weighted by molar-refractivity contribution is 0.0697. The van der Waals surface area contributed by atoms with Gasteiger partial charge in [0.25, 0.3) is 0 Å². The van der Waals surface area contributed by atoms with Crippen LogP contribution >= 0.6 is 0 Å². The summed E-state index contributed by atoms with van der Waals surface area (Å²) in [5.74, 6) is -0.337. The highest BCUT2D eigenvalue weighted by molar-refractivity contribution is 5.87. The molecule has 3 heteroatoms. The van der Waals surface area contributed by atoms with Crippen molar-refractivity contribution in [2.24, 2.45) is 5.92 Å². The first-order valence-corrected chi connectivity index (χ1v) is 5.28. The van der Waals surface area contributed by atoms with Crippen LogP contribution in [0.25, 0.3) is 0 Å². The first kappa shape index (κ1) is 12.5. The molecule has 1 aromatic rings. The third kappa shape index (κ3) is 4.28. The maximum absolute atomic E-state index is 10.2. The molecule has 2 N–H and O–H groups in total. The highest BCUT2D eigenvalue weighted by Crippen LogP contribution is 2.15. The summed E-state index contributed by atoms with van der Waals surface area (Å²) >= 11 is 0. The van der Waals surface area contributed by atoms with Gasteiger partial charge in [-0.15, -0.1) is 0 Å². The van der Waals surface area contributed by atoms with Gasteiger partial charge in [-0.1, -0.05) is 30.4 Å². The number of hydrogen-bond acceptors (Lipinski definition) is 2.